The van der Waals surface area contributed by atoms with Gasteiger partial charge < -0.3 is 14.6 Å². The van der Waals surface area contributed by atoms with E-state index in [0.717, 1.165) is 0 Å². The first-order valence-corrected chi connectivity index (χ1v) is 6.44. The molecule has 102 valence electrons. The summed E-state index contributed by atoms with van der Waals surface area (Å²) in [7, 11) is 0. The molecule has 1 unspecified atom stereocenters. The Morgan fingerprint density at radius 2 is 2.00 bits per heavy atom. The van der Waals surface area contributed by atoms with Crippen LogP contribution in [0.4, 0.5) is 0 Å². The number of rotatable bonds is 4. The molecule has 1 aromatic carbocycles. The number of aliphatic hydroxyl groups is 2. The maximum atomic E-state index is 12.2. The Morgan fingerprint density at radius 1 is 1.20 bits per heavy atom. The number of hydrogen-bond acceptors (Lipinski definition) is 4. The highest BCUT2D eigenvalue weighted by molar-refractivity contribution is 6.04. The molecule has 0 spiro atoms. The molecule has 3 rings (SSSR count). The molecule has 0 bridgehead atoms. The van der Waals surface area contributed by atoms with Crippen molar-refractivity contribution in [2.24, 2.45) is 0 Å². The molecule has 0 saturated carbocycles. The van der Waals surface area contributed by atoms with Gasteiger partial charge in [-0.15, -0.1) is 0 Å². The van der Waals surface area contributed by atoms with Gasteiger partial charge in [-0.3, -0.25) is 4.79 Å². The zero-order valence-corrected chi connectivity index (χ0v) is 10.7. The molecular formula is C16H14O4. The molecule has 0 fully saturated rings. The summed E-state index contributed by atoms with van der Waals surface area (Å²) < 4.78 is 5.17. The van der Waals surface area contributed by atoms with Crippen LogP contribution in [0.1, 0.15) is 29.4 Å². The molecular weight excluding hydrogens is 256 g/mol. The average Bonchev–Trinajstić information content (AvgIpc) is 3.05. The van der Waals surface area contributed by atoms with E-state index in [4.69, 9.17) is 4.42 Å². The fourth-order valence-electron chi connectivity index (χ4n) is 2.49. The minimum absolute atomic E-state index is 0.0813. The minimum Gasteiger partial charge on any atom is -0.507 e. The second kappa shape index (κ2) is 4.98. The predicted octanol–water partition coefficient (Wildman–Crippen LogP) is 2.80. The number of benzene rings is 1. The topological polar surface area (TPSA) is 70.7 Å². The van der Waals surface area contributed by atoms with Crippen LogP contribution in [0.25, 0.3) is 5.76 Å². The van der Waals surface area contributed by atoms with Crippen LogP contribution >= 0.6 is 0 Å². The van der Waals surface area contributed by atoms with Crippen LogP contribution < -0.4 is 0 Å². The second-order valence-corrected chi connectivity index (χ2v) is 4.75. The number of ketones is 1. The normalized spacial score (nSPS) is 17.4. The molecule has 1 aliphatic rings. The van der Waals surface area contributed by atoms with Crippen LogP contribution in [-0.2, 0) is 11.2 Å². The van der Waals surface area contributed by atoms with E-state index in [0.29, 0.717) is 23.3 Å². The summed E-state index contributed by atoms with van der Waals surface area (Å²) in [6.45, 7) is 0. The highest BCUT2D eigenvalue weighted by atomic mass is 16.3. The largest absolute Gasteiger partial charge is 0.507 e. The Kier molecular flexibility index (Phi) is 3.16. The van der Waals surface area contributed by atoms with Gasteiger partial charge >= 0.3 is 0 Å². The molecule has 0 radical (unpaired) electrons. The van der Waals surface area contributed by atoms with Crippen LogP contribution in [0.2, 0.25) is 0 Å². The lowest BCUT2D eigenvalue weighted by Gasteiger charge is -2.08. The lowest BCUT2D eigenvalue weighted by atomic mass is 10.0. The van der Waals surface area contributed by atoms with Gasteiger partial charge in [-0.1, -0.05) is 24.3 Å². The monoisotopic (exact) mass is 270 g/mol. The molecule has 2 aromatic rings. The number of hydrogen-bond donors (Lipinski definition) is 2. The highest BCUT2D eigenvalue weighted by Gasteiger charge is 2.33. The van der Waals surface area contributed by atoms with Gasteiger partial charge in [0.25, 0.3) is 0 Å². The Bertz CT molecular complexity index is 668. The summed E-state index contributed by atoms with van der Waals surface area (Å²) in [6, 6.07) is 10.5. The second-order valence-electron chi connectivity index (χ2n) is 4.75. The standard InChI is InChI=1S/C16H14O4/c17-13(8-7-10-4-3-9-20-10)14-15(18)11-5-1-2-6-12(11)16(14)19/h1-6,9,15,18-19H,7-8H2. The number of furan rings is 1. The molecule has 4 heteroatoms. The molecule has 1 atom stereocenters. The molecule has 20 heavy (non-hydrogen) atoms. The van der Waals surface area contributed by atoms with Crippen LogP contribution in [0.5, 0.6) is 0 Å². The number of Topliss-reactive ketones (excluding diaryl/α,β-unsaturated/α-hetero) is 1. The van der Waals surface area contributed by atoms with Crippen molar-refractivity contribution in [2.45, 2.75) is 18.9 Å². The number of fused-ring (bicyclic) bond motifs is 1. The van der Waals surface area contributed by atoms with Crippen molar-refractivity contribution >= 4 is 11.5 Å². The van der Waals surface area contributed by atoms with E-state index in [-0.39, 0.29) is 23.5 Å². The Labute approximate surface area is 116 Å². The number of aliphatic hydroxyl groups excluding tert-OH is 2. The highest BCUT2D eigenvalue weighted by Crippen LogP contribution is 2.39. The minimum atomic E-state index is -1.05. The van der Waals surface area contributed by atoms with Crippen molar-refractivity contribution in [3.05, 3.63) is 65.1 Å². The van der Waals surface area contributed by atoms with E-state index >= 15 is 0 Å². The fourth-order valence-corrected chi connectivity index (χ4v) is 2.49. The van der Waals surface area contributed by atoms with Gasteiger partial charge in [-0.25, -0.2) is 0 Å². The van der Waals surface area contributed by atoms with E-state index in [1.165, 1.54) is 0 Å². The zero-order chi connectivity index (χ0) is 14.1. The molecule has 1 aliphatic carbocycles. The number of aryl methyl sites for hydroxylation is 1. The van der Waals surface area contributed by atoms with Crippen molar-refractivity contribution in [3.63, 3.8) is 0 Å². The maximum absolute atomic E-state index is 12.2. The first-order valence-electron chi connectivity index (χ1n) is 6.44. The Morgan fingerprint density at radius 3 is 2.70 bits per heavy atom. The first-order chi connectivity index (χ1) is 9.68. The first kappa shape index (κ1) is 12.7. The molecule has 1 heterocycles. The van der Waals surface area contributed by atoms with Crippen LogP contribution in [0, 0.1) is 0 Å². The Balaban J connectivity index is 1.80. The van der Waals surface area contributed by atoms with Crippen molar-refractivity contribution in [3.8, 4) is 0 Å². The van der Waals surface area contributed by atoms with Crippen LogP contribution in [0.15, 0.2) is 52.7 Å². The van der Waals surface area contributed by atoms with Gasteiger partial charge in [-0.05, 0) is 17.7 Å². The van der Waals surface area contributed by atoms with Crippen molar-refractivity contribution < 1.29 is 19.4 Å². The van der Waals surface area contributed by atoms with Gasteiger partial charge in [0.15, 0.2) is 5.78 Å². The van der Waals surface area contributed by atoms with Gasteiger partial charge in [0.1, 0.15) is 17.6 Å². The summed E-state index contributed by atoms with van der Waals surface area (Å²) >= 11 is 0. The lowest BCUT2D eigenvalue weighted by molar-refractivity contribution is -0.116. The van der Waals surface area contributed by atoms with Gasteiger partial charge in [0, 0.05) is 18.4 Å². The van der Waals surface area contributed by atoms with E-state index in [9.17, 15) is 15.0 Å². The lowest BCUT2D eigenvalue weighted by Crippen LogP contribution is -2.10. The average molecular weight is 270 g/mol. The smallest absolute Gasteiger partial charge is 0.166 e. The molecule has 0 aliphatic heterocycles. The molecule has 1 aromatic heterocycles. The quantitative estimate of drug-likeness (QED) is 0.896. The Hall–Kier alpha value is -2.33. The van der Waals surface area contributed by atoms with Gasteiger partial charge in [-0.2, -0.15) is 0 Å². The predicted molar refractivity (Wildman–Crippen MR) is 73.0 cm³/mol. The SMILES string of the molecule is O=C(CCc1ccco1)C1=C(O)c2ccccc2C1O. The van der Waals surface area contributed by atoms with Crippen molar-refractivity contribution in [1.82, 2.24) is 0 Å². The van der Waals surface area contributed by atoms with E-state index in [1.807, 2.05) is 0 Å². The van der Waals surface area contributed by atoms with E-state index in [1.54, 1.807) is 42.7 Å². The van der Waals surface area contributed by atoms with Gasteiger partial charge in [0.05, 0.1) is 11.8 Å². The van der Waals surface area contributed by atoms with Crippen molar-refractivity contribution in [2.75, 3.05) is 0 Å². The fraction of sp³-hybridized carbons (Fsp3) is 0.188. The summed E-state index contributed by atoms with van der Waals surface area (Å²) in [4.78, 5) is 12.2. The third-order valence-electron chi connectivity index (χ3n) is 3.52. The maximum Gasteiger partial charge on any atom is 0.166 e. The van der Waals surface area contributed by atoms with E-state index in [2.05, 4.69) is 0 Å². The summed E-state index contributed by atoms with van der Waals surface area (Å²) in [6.07, 6.45) is 1.15. The van der Waals surface area contributed by atoms with Crippen LogP contribution in [0.3, 0.4) is 0 Å². The number of carbonyl (C=O) groups excluding carboxylic acids is 1. The zero-order valence-electron chi connectivity index (χ0n) is 10.7. The summed E-state index contributed by atoms with van der Waals surface area (Å²) in [5.74, 6) is 0.337. The summed E-state index contributed by atoms with van der Waals surface area (Å²) in [5.41, 5.74) is 1.19. The van der Waals surface area contributed by atoms with Crippen molar-refractivity contribution in [1.29, 1.82) is 0 Å². The molecule has 0 saturated heterocycles. The molecule has 4 nitrogen and oxygen atoms in total. The summed E-state index contributed by atoms with van der Waals surface area (Å²) in [5, 5.41) is 20.3. The third-order valence-corrected chi connectivity index (χ3v) is 3.52. The molecule has 0 amide bonds. The third kappa shape index (κ3) is 2.04. The van der Waals surface area contributed by atoms with Gasteiger partial charge in [0.2, 0.25) is 0 Å². The van der Waals surface area contributed by atoms with E-state index < -0.39 is 6.10 Å². The molecule has 2 N–H and O–H groups in total. The van der Waals surface area contributed by atoms with Crippen LogP contribution in [-0.4, -0.2) is 16.0 Å². The number of carbonyl (C=O) groups is 1.